The number of benzene rings is 1. The Bertz CT molecular complexity index is 530. The van der Waals surface area contributed by atoms with Gasteiger partial charge >= 0.3 is 6.03 Å². The van der Waals surface area contributed by atoms with Gasteiger partial charge in [0.1, 0.15) is 0 Å². The van der Waals surface area contributed by atoms with Gasteiger partial charge in [-0.05, 0) is 48.8 Å². The molecule has 1 saturated heterocycles. The lowest BCUT2D eigenvalue weighted by Gasteiger charge is -2.31. The van der Waals surface area contributed by atoms with Gasteiger partial charge in [0.2, 0.25) is 0 Å². The molecule has 3 rings (SSSR count). The van der Waals surface area contributed by atoms with Crippen molar-refractivity contribution in [3.05, 3.63) is 34.9 Å². The van der Waals surface area contributed by atoms with E-state index in [2.05, 4.69) is 30.4 Å². The third kappa shape index (κ3) is 2.91. The zero-order chi connectivity index (χ0) is 14.8. The molecule has 1 aromatic rings. The number of aliphatic hydroxyl groups is 1. The molecule has 1 aromatic carbocycles. The summed E-state index contributed by atoms with van der Waals surface area (Å²) >= 11 is 0. The van der Waals surface area contributed by atoms with E-state index in [-0.39, 0.29) is 18.2 Å². The SMILES string of the molecule is CCc1cccc2c1CCC2NC(=O)N1CCCC(O)C1. The molecule has 0 aromatic heterocycles. The predicted octanol–water partition coefficient (Wildman–Crippen LogP) is 2.40. The van der Waals surface area contributed by atoms with Crippen molar-refractivity contribution in [2.75, 3.05) is 13.1 Å². The van der Waals surface area contributed by atoms with E-state index < -0.39 is 0 Å². The van der Waals surface area contributed by atoms with E-state index in [1.165, 1.54) is 16.7 Å². The number of fused-ring (bicyclic) bond motifs is 1. The third-order valence-electron chi connectivity index (χ3n) is 4.73. The van der Waals surface area contributed by atoms with Crippen molar-refractivity contribution in [3.63, 3.8) is 0 Å². The summed E-state index contributed by atoms with van der Waals surface area (Å²) < 4.78 is 0. The van der Waals surface area contributed by atoms with Gasteiger partial charge in [-0.15, -0.1) is 0 Å². The van der Waals surface area contributed by atoms with Crippen LogP contribution in [0.25, 0.3) is 0 Å². The van der Waals surface area contributed by atoms with Gasteiger partial charge in [-0.3, -0.25) is 0 Å². The zero-order valence-corrected chi connectivity index (χ0v) is 12.6. The first kappa shape index (κ1) is 14.4. The van der Waals surface area contributed by atoms with E-state index >= 15 is 0 Å². The lowest BCUT2D eigenvalue weighted by atomic mass is 10.0. The van der Waals surface area contributed by atoms with E-state index in [1.54, 1.807) is 4.90 Å². The predicted molar refractivity (Wildman–Crippen MR) is 82.2 cm³/mol. The monoisotopic (exact) mass is 288 g/mol. The summed E-state index contributed by atoms with van der Waals surface area (Å²) in [5.41, 5.74) is 4.10. The Hall–Kier alpha value is -1.55. The van der Waals surface area contributed by atoms with Crippen LogP contribution >= 0.6 is 0 Å². The maximum atomic E-state index is 12.4. The Balaban J connectivity index is 1.69. The van der Waals surface area contributed by atoms with Gasteiger partial charge in [0.15, 0.2) is 0 Å². The van der Waals surface area contributed by atoms with Crippen LogP contribution in [0.2, 0.25) is 0 Å². The second kappa shape index (κ2) is 6.06. The first-order valence-electron chi connectivity index (χ1n) is 8.03. The highest BCUT2D eigenvalue weighted by Gasteiger charge is 2.28. The number of nitrogens with one attached hydrogen (secondary N) is 1. The van der Waals surface area contributed by atoms with E-state index in [9.17, 15) is 9.90 Å². The van der Waals surface area contributed by atoms with Gasteiger partial charge < -0.3 is 15.3 Å². The van der Waals surface area contributed by atoms with Crippen LogP contribution in [0.3, 0.4) is 0 Å². The van der Waals surface area contributed by atoms with Crippen LogP contribution in [0.5, 0.6) is 0 Å². The minimum absolute atomic E-state index is 0.0338. The zero-order valence-electron chi connectivity index (χ0n) is 12.6. The van der Waals surface area contributed by atoms with Crippen molar-refractivity contribution < 1.29 is 9.90 Å². The second-order valence-electron chi connectivity index (χ2n) is 6.12. The van der Waals surface area contributed by atoms with Crippen molar-refractivity contribution in [3.8, 4) is 0 Å². The molecule has 2 N–H and O–H groups in total. The summed E-state index contributed by atoms with van der Waals surface area (Å²) in [6, 6.07) is 6.50. The van der Waals surface area contributed by atoms with Gasteiger partial charge in [0.25, 0.3) is 0 Å². The van der Waals surface area contributed by atoms with Crippen LogP contribution in [0.4, 0.5) is 4.79 Å². The molecule has 1 heterocycles. The Morgan fingerprint density at radius 1 is 1.43 bits per heavy atom. The number of urea groups is 1. The Kier molecular flexibility index (Phi) is 4.15. The number of β-amino-alcohol motifs (C(OH)–C–C–N with tert-alkyl or cyclic N) is 1. The number of hydrogen-bond donors (Lipinski definition) is 2. The summed E-state index contributed by atoms with van der Waals surface area (Å²) in [5.74, 6) is 0. The highest BCUT2D eigenvalue weighted by atomic mass is 16.3. The molecule has 2 unspecified atom stereocenters. The highest BCUT2D eigenvalue weighted by molar-refractivity contribution is 5.75. The molecule has 4 nitrogen and oxygen atoms in total. The Morgan fingerprint density at radius 2 is 2.29 bits per heavy atom. The normalized spacial score (nSPS) is 24.8. The van der Waals surface area contributed by atoms with E-state index in [1.807, 2.05) is 0 Å². The van der Waals surface area contributed by atoms with Crippen LogP contribution in [0.1, 0.15) is 48.9 Å². The number of rotatable bonds is 2. The minimum atomic E-state index is -0.368. The molecule has 0 saturated carbocycles. The lowest BCUT2D eigenvalue weighted by molar-refractivity contribution is 0.0833. The topological polar surface area (TPSA) is 52.6 Å². The summed E-state index contributed by atoms with van der Waals surface area (Å²) in [7, 11) is 0. The number of amides is 2. The fraction of sp³-hybridized carbons (Fsp3) is 0.588. The maximum absolute atomic E-state index is 12.4. The molecule has 1 aliphatic heterocycles. The molecule has 2 aliphatic rings. The van der Waals surface area contributed by atoms with E-state index in [0.29, 0.717) is 6.54 Å². The van der Waals surface area contributed by atoms with Gasteiger partial charge in [0.05, 0.1) is 12.1 Å². The number of likely N-dealkylation sites (tertiary alicyclic amines) is 1. The van der Waals surface area contributed by atoms with Gasteiger partial charge in [-0.1, -0.05) is 25.1 Å². The summed E-state index contributed by atoms with van der Waals surface area (Å²) in [6.07, 6.45) is 4.39. The van der Waals surface area contributed by atoms with Crippen LogP contribution in [-0.2, 0) is 12.8 Å². The van der Waals surface area contributed by atoms with Gasteiger partial charge in [-0.2, -0.15) is 0 Å². The first-order valence-corrected chi connectivity index (χ1v) is 8.03. The molecule has 1 fully saturated rings. The van der Waals surface area contributed by atoms with Crippen molar-refractivity contribution in [1.29, 1.82) is 0 Å². The van der Waals surface area contributed by atoms with Gasteiger partial charge in [-0.25, -0.2) is 4.79 Å². The average Bonchev–Trinajstić information content (AvgIpc) is 2.90. The van der Waals surface area contributed by atoms with Crippen molar-refractivity contribution >= 4 is 6.03 Å². The Labute approximate surface area is 126 Å². The van der Waals surface area contributed by atoms with E-state index in [4.69, 9.17) is 0 Å². The van der Waals surface area contributed by atoms with Crippen LogP contribution in [0, 0.1) is 0 Å². The summed E-state index contributed by atoms with van der Waals surface area (Å²) in [5, 5.41) is 12.8. The summed E-state index contributed by atoms with van der Waals surface area (Å²) in [4.78, 5) is 14.1. The number of carbonyl (C=O) groups is 1. The molecule has 1 aliphatic carbocycles. The van der Waals surface area contributed by atoms with Gasteiger partial charge in [0, 0.05) is 13.1 Å². The number of aliphatic hydroxyl groups excluding tert-OH is 1. The fourth-order valence-electron chi connectivity index (χ4n) is 3.59. The molecule has 0 spiro atoms. The summed E-state index contributed by atoms with van der Waals surface area (Å²) in [6.45, 7) is 3.38. The number of aryl methyl sites for hydroxylation is 1. The van der Waals surface area contributed by atoms with Crippen LogP contribution in [0.15, 0.2) is 18.2 Å². The molecule has 0 bridgehead atoms. The number of carbonyl (C=O) groups excluding carboxylic acids is 1. The molecule has 114 valence electrons. The van der Waals surface area contributed by atoms with Crippen LogP contribution in [-0.4, -0.2) is 35.2 Å². The number of piperidine rings is 1. The molecule has 2 atom stereocenters. The standard InChI is InChI=1S/C17H24N2O2/c1-2-12-5-3-7-15-14(12)8-9-16(15)18-17(21)19-10-4-6-13(20)11-19/h3,5,7,13,16,20H,2,4,6,8-11H2,1H3,(H,18,21). The quantitative estimate of drug-likeness (QED) is 0.878. The molecule has 2 amide bonds. The first-order chi connectivity index (χ1) is 10.2. The molecular formula is C17H24N2O2. The van der Waals surface area contributed by atoms with E-state index in [0.717, 1.165) is 38.6 Å². The maximum Gasteiger partial charge on any atom is 0.317 e. The fourth-order valence-corrected chi connectivity index (χ4v) is 3.59. The van der Waals surface area contributed by atoms with Crippen molar-refractivity contribution in [1.82, 2.24) is 10.2 Å². The largest absolute Gasteiger partial charge is 0.391 e. The lowest BCUT2D eigenvalue weighted by Crippen LogP contribution is -2.47. The Morgan fingerprint density at radius 3 is 3.05 bits per heavy atom. The molecule has 4 heteroatoms. The highest BCUT2D eigenvalue weighted by Crippen LogP contribution is 2.33. The average molecular weight is 288 g/mol. The second-order valence-corrected chi connectivity index (χ2v) is 6.12. The number of nitrogens with zero attached hydrogens (tertiary/aromatic N) is 1. The smallest absolute Gasteiger partial charge is 0.317 e. The minimum Gasteiger partial charge on any atom is -0.391 e. The molecule has 21 heavy (non-hydrogen) atoms. The van der Waals surface area contributed by atoms with Crippen molar-refractivity contribution in [2.45, 2.75) is 51.2 Å². The molecular weight excluding hydrogens is 264 g/mol. The molecule has 0 radical (unpaired) electrons. The third-order valence-corrected chi connectivity index (χ3v) is 4.73. The van der Waals surface area contributed by atoms with Crippen LogP contribution < -0.4 is 5.32 Å². The number of hydrogen-bond acceptors (Lipinski definition) is 2. The van der Waals surface area contributed by atoms with Crippen molar-refractivity contribution in [2.24, 2.45) is 0 Å².